The predicted molar refractivity (Wildman–Crippen MR) is 111 cm³/mol. The number of nitrogens with zero attached hydrogens (tertiary/aromatic N) is 3. The van der Waals surface area contributed by atoms with Crippen LogP contribution in [0.5, 0.6) is 0 Å². The van der Waals surface area contributed by atoms with Crippen LogP contribution in [0.1, 0.15) is 27.8 Å². The Balaban J connectivity index is 1.79. The van der Waals surface area contributed by atoms with Crippen LogP contribution in [0.15, 0.2) is 71.8 Å². The second-order valence-corrected chi connectivity index (χ2v) is 6.88. The molecule has 2 aliphatic heterocycles. The predicted octanol–water partition coefficient (Wildman–Crippen LogP) is 2.98. The molecular formula is C22H17N5O3. The molecule has 0 saturated heterocycles. The van der Waals surface area contributed by atoms with E-state index in [1.165, 1.54) is 7.11 Å². The molecule has 5 rings (SSSR count). The Labute approximate surface area is 170 Å². The Bertz CT molecular complexity index is 1350. The zero-order valence-electron chi connectivity index (χ0n) is 16.0. The van der Waals surface area contributed by atoms with E-state index in [2.05, 4.69) is 15.2 Å². The number of imidazole rings is 1. The Morgan fingerprint density at radius 2 is 1.83 bits per heavy atom. The van der Waals surface area contributed by atoms with Crippen LogP contribution in [0, 0.1) is 0 Å². The lowest BCUT2D eigenvalue weighted by atomic mass is 10.0. The van der Waals surface area contributed by atoms with Crippen molar-refractivity contribution in [2.24, 2.45) is 0 Å². The highest BCUT2D eigenvalue weighted by molar-refractivity contribution is 5.96. The molecule has 0 spiro atoms. The molecule has 30 heavy (non-hydrogen) atoms. The van der Waals surface area contributed by atoms with Gasteiger partial charge in [-0.15, -0.1) is 0 Å². The van der Waals surface area contributed by atoms with E-state index in [1.54, 1.807) is 17.0 Å². The fourth-order valence-electron chi connectivity index (χ4n) is 3.67. The minimum atomic E-state index is -0.572. The van der Waals surface area contributed by atoms with E-state index in [-0.39, 0.29) is 16.8 Å². The maximum atomic E-state index is 12.4. The Morgan fingerprint density at radius 1 is 1.07 bits per heavy atom. The highest BCUT2D eigenvalue weighted by atomic mass is 16.5. The highest BCUT2D eigenvalue weighted by Crippen LogP contribution is 2.30. The summed E-state index contributed by atoms with van der Waals surface area (Å²) in [7, 11) is 1.30. The number of esters is 1. The van der Waals surface area contributed by atoms with Crippen molar-refractivity contribution in [1.82, 2.24) is 24.7 Å². The van der Waals surface area contributed by atoms with E-state index in [0.29, 0.717) is 11.4 Å². The third kappa shape index (κ3) is 2.86. The van der Waals surface area contributed by atoms with Crippen LogP contribution >= 0.6 is 0 Å². The zero-order valence-corrected chi connectivity index (χ0v) is 16.0. The Hall–Kier alpha value is -4.20. The van der Waals surface area contributed by atoms with Crippen molar-refractivity contribution in [1.29, 1.82) is 0 Å². The number of rotatable bonds is 4. The molecule has 2 aromatic carbocycles. The van der Waals surface area contributed by atoms with Crippen LogP contribution in [0.25, 0.3) is 22.3 Å². The molecule has 0 amide bonds. The molecule has 0 bridgehead atoms. The molecule has 148 valence electrons. The van der Waals surface area contributed by atoms with E-state index in [9.17, 15) is 9.59 Å². The Kier molecular flexibility index (Phi) is 4.17. The minimum absolute atomic E-state index is 0.199. The summed E-state index contributed by atoms with van der Waals surface area (Å²) in [4.78, 5) is 32.9. The summed E-state index contributed by atoms with van der Waals surface area (Å²) in [5.41, 5.74) is 3.07. The molecule has 0 fully saturated rings. The number of benzene rings is 2. The van der Waals surface area contributed by atoms with Crippen LogP contribution in [-0.2, 0) is 4.74 Å². The number of methoxy groups -OCH3 is 1. The number of nitrogens with one attached hydrogen (secondary N) is 2. The zero-order chi connectivity index (χ0) is 20.7. The van der Waals surface area contributed by atoms with Gasteiger partial charge >= 0.3 is 5.97 Å². The van der Waals surface area contributed by atoms with E-state index >= 15 is 0 Å². The van der Waals surface area contributed by atoms with E-state index in [1.807, 2.05) is 54.6 Å². The van der Waals surface area contributed by atoms with Gasteiger partial charge in [-0.2, -0.15) is 5.10 Å². The van der Waals surface area contributed by atoms with Gasteiger partial charge in [0.1, 0.15) is 23.1 Å². The first-order chi connectivity index (χ1) is 14.7. The van der Waals surface area contributed by atoms with Crippen molar-refractivity contribution in [3.63, 3.8) is 0 Å². The number of ether oxygens (including phenoxy) is 1. The number of hydrogen-bond acceptors (Lipinski definition) is 5. The van der Waals surface area contributed by atoms with Gasteiger partial charge in [-0.1, -0.05) is 42.5 Å². The van der Waals surface area contributed by atoms with Gasteiger partial charge in [0.2, 0.25) is 0 Å². The van der Waals surface area contributed by atoms with Gasteiger partial charge in [0.15, 0.2) is 0 Å². The van der Waals surface area contributed by atoms with Crippen molar-refractivity contribution in [2.45, 2.75) is 6.04 Å². The lowest BCUT2D eigenvalue weighted by molar-refractivity contribution is 0.0600. The average Bonchev–Trinajstić information content (AvgIpc) is 3.37. The minimum Gasteiger partial charge on any atom is -0.465 e. The van der Waals surface area contributed by atoms with E-state index in [4.69, 9.17) is 9.72 Å². The monoisotopic (exact) mass is 399 g/mol. The summed E-state index contributed by atoms with van der Waals surface area (Å²) in [5.74, 6) is 0.107. The van der Waals surface area contributed by atoms with Crippen LogP contribution in [-0.4, -0.2) is 37.8 Å². The molecule has 0 aliphatic carbocycles. The first-order valence-electron chi connectivity index (χ1n) is 9.33. The topological polar surface area (TPSA) is 106 Å². The summed E-state index contributed by atoms with van der Waals surface area (Å²) in [6.45, 7) is 0. The number of aromatic amines is 2. The van der Waals surface area contributed by atoms with Crippen molar-refractivity contribution < 1.29 is 9.53 Å². The fourth-order valence-corrected chi connectivity index (χ4v) is 3.67. The number of para-hydroxylation sites is 2. The molecule has 1 aromatic heterocycles. The number of pyridine rings is 1. The third-order valence-corrected chi connectivity index (χ3v) is 5.07. The number of carbonyl (C=O) groups excluding carboxylic acids is 1. The molecule has 8 nitrogen and oxygen atoms in total. The van der Waals surface area contributed by atoms with Gasteiger partial charge in [-0.3, -0.25) is 4.79 Å². The molecule has 2 aliphatic rings. The van der Waals surface area contributed by atoms with Crippen molar-refractivity contribution in [2.75, 3.05) is 7.11 Å². The second kappa shape index (κ2) is 7.00. The van der Waals surface area contributed by atoms with Crippen LogP contribution in [0.4, 0.5) is 0 Å². The third-order valence-electron chi connectivity index (χ3n) is 5.07. The normalized spacial score (nSPS) is 12.3. The maximum Gasteiger partial charge on any atom is 0.341 e. The largest absolute Gasteiger partial charge is 0.465 e. The fraction of sp³-hybridized carbons (Fsp3) is 0.0909. The number of carbonyl (C=O) groups is 1. The van der Waals surface area contributed by atoms with Crippen LogP contribution < -0.4 is 5.56 Å². The first kappa shape index (κ1) is 17.9. The summed E-state index contributed by atoms with van der Waals surface area (Å²) in [6, 6.07) is 17.1. The molecule has 0 unspecified atom stereocenters. The Morgan fingerprint density at radius 3 is 2.60 bits per heavy atom. The SMILES string of the molecule is COC(=O)c1cn([C@@H](c2ccccc2)c2nc3ccccc3[nH]2)cc2c(=O)[nH]nc1-2. The molecule has 2 N–H and O–H groups in total. The number of aromatic nitrogens is 5. The van der Waals surface area contributed by atoms with Gasteiger partial charge < -0.3 is 14.3 Å². The molecule has 8 heteroatoms. The second-order valence-electron chi connectivity index (χ2n) is 6.88. The number of fused-ring (bicyclic) bond motifs is 2. The molecule has 3 heterocycles. The summed E-state index contributed by atoms with van der Waals surface area (Å²) < 4.78 is 6.71. The lowest BCUT2D eigenvalue weighted by Crippen LogP contribution is -2.18. The molecule has 0 radical (unpaired) electrons. The van der Waals surface area contributed by atoms with E-state index in [0.717, 1.165) is 16.6 Å². The molecule has 1 atom stereocenters. The molecule has 0 saturated carbocycles. The summed E-state index contributed by atoms with van der Waals surface area (Å²) >= 11 is 0. The molecule has 3 aromatic rings. The smallest absolute Gasteiger partial charge is 0.341 e. The highest BCUT2D eigenvalue weighted by Gasteiger charge is 2.26. The average molecular weight is 399 g/mol. The van der Waals surface area contributed by atoms with Gasteiger partial charge in [0.25, 0.3) is 5.56 Å². The van der Waals surface area contributed by atoms with Crippen molar-refractivity contribution in [3.8, 4) is 11.3 Å². The van der Waals surface area contributed by atoms with Gasteiger partial charge in [-0.25, -0.2) is 14.9 Å². The van der Waals surface area contributed by atoms with Gasteiger partial charge in [0.05, 0.1) is 23.7 Å². The number of H-pyrrole nitrogens is 2. The first-order valence-corrected chi connectivity index (χ1v) is 9.33. The standard InChI is InChI=1S/C22H17N5O3/c1-30-22(29)15-12-27(11-14-18(15)25-26-21(14)28)19(13-7-3-2-4-8-13)20-23-16-9-5-6-10-17(16)24-20/h2-12,19H,1H3,(H,23,24)(H,26,28)/t19-/m0/s1. The summed E-state index contributed by atoms with van der Waals surface area (Å²) in [6.07, 6.45) is 3.32. The van der Waals surface area contributed by atoms with Crippen LogP contribution in [0.3, 0.4) is 0 Å². The van der Waals surface area contributed by atoms with E-state index < -0.39 is 12.0 Å². The van der Waals surface area contributed by atoms with Crippen LogP contribution in [0.2, 0.25) is 0 Å². The van der Waals surface area contributed by atoms with Gasteiger partial charge in [-0.05, 0) is 17.7 Å². The van der Waals surface area contributed by atoms with Gasteiger partial charge in [0, 0.05) is 12.4 Å². The summed E-state index contributed by atoms with van der Waals surface area (Å²) in [5, 5.41) is 6.41. The van der Waals surface area contributed by atoms with Crippen molar-refractivity contribution >= 4 is 17.0 Å². The number of hydrogen-bond donors (Lipinski definition) is 2. The quantitative estimate of drug-likeness (QED) is 0.452. The molecular weight excluding hydrogens is 382 g/mol. The lowest BCUT2D eigenvalue weighted by Gasteiger charge is -2.21. The van der Waals surface area contributed by atoms with Crippen molar-refractivity contribution in [3.05, 3.63) is 94.3 Å². The maximum absolute atomic E-state index is 12.4.